The Kier molecular flexibility index (Phi) is 6.36. The van der Waals surface area contributed by atoms with Gasteiger partial charge in [-0.05, 0) is 97.1 Å². The molecule has 190 valence electrons. The van der Waals surface area contributed by atoms with Crippen molar-refractivity contribution in [2.45, 2.75) is 43.9 Å². The van der Waals surface area contributed by atoms with Crippen molar-refractivity contribution in [3.63, 3.8) is 0 Å². The van der Waals surface area contributed by atoms with Gasteiger partial charge >= 0.3 is 5.97 Å². The summed E-state index contributed by atoms with van der Waals surface area (Å²) in [5, 5.41) is 12.8. The summed E-state index contributed by atoms with van der Waals surface area (Å²) >= 11 is 0. The molecule has 0 saturated heterocycles. The zero-order valence-corrected chi connectivity index (χ0v) is 21.1. The maximum absolute atomic E-state index is 12.5. The molecule has 4 bridgehead atoms. The molecule has 36 heavy (non-hydrogen) atoms. The summed E-state index contributed by atoms with van der Waals surface area (Å²) in [6.07, 6.45) is 10.2. The number of hydrogen-bond donors (Lipinski definition) is 2. The van der Waals surface area contributed by atoms with E-state index >= 15 is 0 Å². The van der Waals surface area contributed by atoms with Gasteiger partial charge in [0.2, 0.25) is 10.0 Å². The molecule has 4 aliphatic rings. The van der Waals surface area contributed by atoms with Crippen LogP contribution in [0.3, 0.4) is 0 Å². The molecule has 9 heteroatoms. The molecule has 0 spiro atoms. The standard InChI is InChI=1S/C27H31N3O5S/c1-36(34,35)30(17-25(31)29-28-16-18-2-4-22(5-3-18)26(32)33)24-8-6-23(7-9-24)27-13-19-10-20(14-27)12-21(11-19)15-27/h2-9,16,19-21H,10-15,17H2,1H3,(H,29,31)(H,32,33)/b28-16-. The zero-order chi connectivity index (χ0) is 25.5. The van der Waals surface area contributed by atoms with Crippen LogP contribution >= 0.6 is 0 Å². The lowest BCUT2D eigenvalue weighted by Gasteiger charge is -2.57. The SMILES string of the molecule is CS(=O)(=O)N(CC(=O)N/N=C\c1ccc(C(=O)O)cc1)c1ccc(C23CC4CC(CC(C4)C2)C3)cc1. The van der Waals surface area contributed by atoms with Crippen molar-refractivity contribution >= 4 is 33.8 Å². The van der Waals surface area contributed by atoms with E-state index in [1.54, 1.807) is 12.1 Å². The lowest BCUT2D eigenvalue weighted by molar-refractivity contribution is -0.119. The molecule has 8 nitrogen and oxygen atoms in total. The van der Waals surface area contributed by atoms with Gasteiger partial charge in [-0.3, -0.25) is 9.10 Å². The fourth-order valence-electron chi connectivity index (χ4n) is 6.90. The molecule has 4 aliphatic carbocycles. The number of nitrogens with zero attached hydrogens (tertiary/aromatic N) is 2. The Morgan fingerprint density at radius 2 is 1.56 bits per heavy atom. The maximum Gasteiger partial charge on any atom is 0.335 e. The summed E-state index contributed by atoms with van der Waals surface area (Å²) in [6, 6.07) is 13.7. The lowest BCUT2D eigenvalue weighted by Crippen LogP contribution is -2.48. The molecule has 2 aromatic rings. The summed E-state index contributed by atoms with van der Waals surface area (Å²) in [5.41, 5.74) is 5.06. The van der Waals surface area contributed by atoms with E-state index in [1.165, 1.54) is 62.4 Å². The van der Waals surface area contributed by atoms with Crippen LogP contribution in [0.15, 0.2) is 53.6 Å². The number of hydrogen-bond acceptors (Lipinski definition) is 5. The monoisotopic (exact) mass is 509 g/mol. The third kappa shape index (κ3) is 5.02. The highest BCUT2D eigenvalue weighted by molar-refractivity contribution is 7.92. The largest absolute Gasteiger partial charge is 0.478 e. The van der Waals surface area contributed by atoms with Crippen molar-refractivity contribution in [3.8, 4) is 0 Å². The van der Waals surface area contributed by atoms with E-state index in [0.29, 0.717) is 11.3 Å². The maximum atomic E-state index is 12.5. The Bertz CT molecular complexity index is 1250. The average Bonchev–Trinajstić information content (AvgIpc) is 2.81. The Labute approximate surface area is 211 Å². The van der Waals surface area contributed by atoms with E-state index < -0.39 is 28.4 Å². The van der Waals surface area contributed by atoms with Crippen LogP contribution in [-0.4, -0.2) is 44.4 Å². The number of sulfonamides is 1. The van der Waals surface area contributed by atoms with Crippen LogP contribution in [0.1, 0.15) is 60.0 Å². The molecule has 0 aromatic heterocycles. The third-order valence-corrected chi connectivity index (χ3v) is 9.19. The fourth-order valence-corrected chi connectivity index (χ4v) is 7.76. The van der Waals surface area contributed by atoms with Crippen LogP contribution in [-0.2, 0) is 20.2 Å². The number of rotatable bonds is 8. The van der Waals surface area contributed by atoms with Crippen LogP contribution in [0.5, 0.6) is 0 Å². The quantitative estimate of drug-likeness (QED) is 0.415. The molecule has 4 saturated carbocycles. The van der Waals surface area contributed by atoms with E-state index in [9.17, 15) is 18.0 Å². The minimum Gasteiger partial charge on any atom is -0.478 e. The first-order chi connectivity index (χ1) is 17.1. The number of carboxylic acids is 1. The number of amides is 1. The third-order valence-electron chi connectivity index (χ3n) is 8.05. The van der Waals surface area contributed by atoms with Gasteiger partial charge < -0.3 is 5.11 Å². The zero-order valence-electron chi connectivity index (χ0n) is 20.3. The molecule has 6 rings (SSSR count). The van der Waals surface area contributed by atoms with E-state index in [4.69, 9.17) is 5.11 Å². The molecule has 0 radical (unpaired) electrons. The van der Waals surface area contributed by atoms with Gasteiger partial charge in [-0.1, -0.05) is 24.3 Å². The predicted octanol–water partition coefficient (Wildman–Crippen LogP) is 3.77. The first-order valence-corrected chi connectivity index (χ1v) is 14.2. The first-order valence-electron chi connectivity index (χ1n) is 12.3. The van der Waals surface area contributed by atoms with Gasteiger partial charge in [-0.15, -0.1) is 0 Å². The van der Waals surface area contributed by atoms with Crippen molar-refractivity contribution in [1.29, 1.82) is 0 Å². The normalized spacial score (nSPS) is 26.8. The molecule has 1 amide bonds. The van der Waals surface area contributed by atoms with Crippen molar-refractivity contribution < 1.29 is 23.1 Å². The van der Waals surface area contributed by atoms with Crippen LogP contribution in [0.4, 0.5) is 5.69 Å². The molecule has 0 aliphatic heterocycles. The summed E-state index contributed by atoms with van der Waals surface area (Å²) in [6.45, 7) is -0.398. The number of nitrogens with one attached hydrogen (secondary N) is 1. The van der Waals surface area contributed by atoms with E-state index in [1.807, 2.05) is 12.1 Å². The molecule has 0 unspecified atom stereocenters. The number of aromatic carboxylic acids is 1. The Morgan fingerprint density at radius 3 is 2.06 bits per heavy atom. The van der Waals surface area contributed by atoms with Crippen LogP contribution in [0, 0.1) is 17.8 Å². The van der Waals surface area contributed by atoms with Gasteiger partial charge in [0.25, 0.3) is 5.91 Å². The Hall–Kier alpha value is -3.20. The first kappa shape index (κ1) is 24.5. The van der Waals surface area contributed by atoms with Crippen molar-refractivity contribution in [3.05, 3.63) is 65.2 Å². The highest BCUT2D eigenvalue weighted by atomic mass is 32.2. The Morgan fingerprint density at radius 1 is 1.00 bits per heavy atom. The number of carbonyl (C=O) groups excluding carboxylic acids is 1. The van der Waals surface area contributed by atoms with E-state index in [2.05, 4.69) is 22.7 Å². The van der Waals surface area contributed by atoms with E-state index in [-0.39, 0.29) is 11.0 Å². The van der Waals surface area contributed by atoms with Crippen LogP contribution < -0.4 is 9.73 Å². The number of benzene rings is 2. The average molecular weight is 510 g/mol. The van der Waals surface area contributed by atoms with Crippen molar-refractivity contribution in [2.75, 3.05) is 17.1 Å². The topological polar surface area (TPSA) is 116 Å². The van der Waals surface area contributed by atoms with Crippen molar-refractivity contribution in [2.24, 2.45) is 22.9 Å². The van der Waals surface area contributed by atoms with Crippen molar-refractivity contribution in [1.82, 2.24) is 5.43 Å². The predicted molar refractivity (Wildman–Crippen MR) is 138 cm³/mol. The summed E-state index contributed by atoms with van der Waals surface area (Å²) in [7, 11) is -3.70. The number of anilines is 1. The summed E-state index contributed by atoms with van der Waals surface area (Å²) in [5.74, 6) is 0.857. The number of carboxylic acid groups (broad SMARTS) is 1. The summed E-state index contributed by atoms with van der Waals surface area (Å²) in [4.78, 5) is 23.4. The molecule has 0 atom stereocenters. The minimum atomic E-state index is -3.70. The van der Waals surface area contributed by atoms with Crippen LogP contribution in [0.25, 0.3) is 0 Å². The fraction of sp³-hybridized carbons (Fsp3) is 0.444. The van der Waals surface area contributed by atoms with Gasteiger partial charge in [-0.2, -0.15) is 5.10 Å². The van der Waals surface area contributed by atoms with Crippen LogP contribution in [0.2, 0.25) is 0 Å². The van der Waals surface area contributed by atoms with Gasteiger partial charge in [-0.25, -0.2) is 18.6 Å². The molecule has 2 aromatic carbocycles. The minimum absolute atomic E-state index is 0.147. The second-order valence-corrected chi connectivity index (χ2v) is 12.6. The second-order valence-electron chi connectivity index (χ2n) is 10.7. The molecular weight excluding hydrogens is 478 g/mol. The van der Waals surface area contributed by atoms with Gasteiger partial charge in [0.15, 0.2) is 0 Å². The highest BCUT2D eigenvalue weighted by Gasteiger charge is 2.51. The van der Waals surface area contributed by atoms with Gasteiger partial charge in [0, 0.05) is 0 Å². The second kappa shape index (κ2) is 9.35. The molecule has 2 N–H and O–H groups in total. The van der Waals surface area contributed by atoms with Gasteiger partial charge in [0.05, 0.1) is 23.7 Å². The number of carbonyl (C=O) groups is 2. The van der Waals surface area contributed by atoms with Gasteiger partial charge in [0.1, 0.15) is 6.54 Å². The molecule has 4 fully saturated rings. The summed E-state index contributed by atoms with van der Waals surface area (Å²) < 4.78 is 26.1. The Balaban J connectivity index is 1.26. The van der Waals surface area contributed by atoms with E-state index in [0.717, 1.165) is 28.3 Å². The lowest BCUT2D eigenvalue weighted by atomic mass is 9.48. The highest BCUT2D eigenvalue weighted by Crippen LogP contribution is 2.60. The smallest absolute Gasteiger partial charge is 0.335 e. The number of hydrazone groups is 1. The molecular formula is C27H31N3O5S. The molecule has 0 heterocycles.